The van der Waals surface area contributed by atoms with Crippen molar-refractivity contribution in [3.05, 3.63) is 42.5 Å². The number of rotatable bonds is 7. The molecule has 1 aromatic heterocycles. The molecule has 1 heterocycles. The van der Waals surface area contributed by atoms with E-state index < -0.39 is 0 Å². The summed E-state index contributed by atoms with van der Waals surface area (Å²) in [6.45, 7) is 2.10. The third-order valence-electron chi connectivity index (χ3n) is 4.03. The number of ether oxygens (including phenoxy) is 2. The quantitative estimate of drug-likeness (QED) is 0.384. The number of carbonyl (C=O) groups excluding carboxylic acids is 1. The van der Waals surface area contributed by atoms with Gasteiger partial charge in [0.05, 0.1) is 18.1 Å². The molecule has 25 heavy (non-hydrogen) atoms. The molecule has 5 heteroatoms. The molecule has 0 atom stereocenters. The minimum absolute atomic E-state index is 0.233. The normalized spacial score (nSPS) is 10.8. The average molecular weight is 338 g/mol. The van der Waals surface area contributed by atoms with E-state index in [1.54, 1.807) is 13.2 Å². The van der Waals surface area contributed by atoms with Gasteiger partial charge in [0.15, 0.2) is 11.5 Å². The number of unbranched alkanes of at least 4 members (excludes halogenated alkanes) is 2. The van der Waals surface area contributed by atoms with Crippen molar-refractivity contribution in [2.75, 3.05) is 7.11 Å². The van der Waals surface area contributed by atoms with Gasteiger partial charge in [-0.3, -0.25) is 4.79 Å². The number of H-pyrrole nitrogens is 1. The number of imidazole rings is 1. The highest BCUT2D eigenvalue weighted by molar-refractivity contribution is 5.80. The van der Waals surface area contributed by atoms with Gasteiger partial charge >= 0.3 is 5.97 Å². The number of nitrogens with zero attached hydrogens (tertiary/aromatic N) is 1. The van der Waals surface area contributed by atoms with Crippen LogP contribution in [-0.4, -0.2) is 23.0 Å². The average Bonchev–Trinajstić information content (AvgIpc) is 3.06. The highest BCUT2D eigenvalue weighted by atomic mass is 16.6. The van der Waals surface area contributed by atoms with E-state index in [2.05, 4.69) is 16.9 Å². The Bertz CT molecular complexity index is 837. The van der Waals surface area contributed by atoms with Crippen LogP contribution in [0.15, 0.2) is 42.5 Å². The van der Waals surface area contributed by atoms with Crippen LogP contribution in [0.25, 0.3) is 22.4 Å². The lowest BCUT2D eigenvalue weighted by atomic mass is 10.2. The Morgan fingerprint density at radius 3 is 2.72 bits per heavy atom. The summed E-state index contributed by atoms with van der Waals surface area (Å²) in [6.07, 6.45) is 3.36. The van der Waals surface area contributed by atoms with Crippen LogP contribution in [0.1, 0.15) is 32.6 Å². The molecule has 0 aliphatic rings. The van der Waals surface area contributed by atoms with Crippen LogP contribution in [0.2, 0.25) is 0 Å². The number of esters is 1. The van der Waals surface area contributed by atoms with E-state index in [1.165, 1.54) is 0 Å². The minimum atomic E-state index is -0.233. The summed E-state index contributed by atoms with van der Waals surface area (Å²) in [5, 5.41) is 0. The van der Waals surface area contributed by atoms with E-state index in [9.17, 15) is 4.79 Å². The molecule has 0 fully saturated rings. The smallest absolute Gasteiger partial charge is 0.311 e. The fraction of sp³-hybridized carbons (Fsp3) is 0.300. The first kappa shape index (κ1) is 17.0. The number of aromatic nitrogens is 2. The zero-order valence-electron chi connectivity index (χ0n) is 14.5. The second-order valence-electron chi connectivity index (χ2n) is 5.90. The lowest BCUT2D eigenvalue weighted by Gasteiger charge is -2.10. The summed E-state index contributed by atoms with van der Waals surface area (Å²) < 4.78 is 10.8. The van der Waals surface area contributed by atoms with Crippen LogP contribution < -0.4 is 9.47 Å². The van der Waals surface area contributed by atoms with Crippen molar-refractivity contribution >= 4 is 17.0 Å². The highest BCUT2D eigenvalue weighted by Crippen LogP contribution is 2.32. The fourth-order valence-corrected chi connectivity index (χ4v) is 2.68. The second-order valence-corrected chi connectivity index (χ2v) is 5.90. The topological polar surface area (TPSA) is 64.2 Å². The summed E-state index contributed by atoms with van der Waals surface area (Å²) in [4.78, 5) is 19.8. The van der Waals surface area contributed by atoms with Crippen molar-refractivity contribution in [2.45, 2.75) is 32.6 Å². The Morgan fingerprint density at radius 1 is 1.12 bits per heavy atom. The van der Waals surface area contributed by atoms with Crippen molar-refractivity contribution in [3.63, 3.8) is 0 Å². The molecule has 0 amide bonds. The first-order chi connectivity index (χ1) is 12.2. The summed E-state index contributed by atoms with van der Waals surface area (Å²) in [6, 6.07) is 13.3. The van der Waals surface area contributed by atoms with Gasteiger partial charge in [-0.1, -0.05) is 31.9 Å². The maximum absolute atomic E-state index is 11.9. The number of para-hydroxylation sites is 2. The van der Waals surface area contributed by atoms with Gasteiger partial charge in [-0.05, 0) is 36.8 Å². The molecule has 130 valence electrons. The van der Waals surface area contributed by atoms with Gasteiger partial charge in [-0.25, -0.2) is 4.98 Å². The largest absolute Gasteiger partial charge is 0.493 e. The third kappa shape index (κ3) is 3.99. The van der Waals surface area contributed by atoms with E-state index in [1.807, 2.05) is 36.4 Å². The van der Waals surface area contributed by atoms with E-state index in [4.69, 9.17) is 9.47 Å². The summed E-state index contributed by atoms with van der Waals surface area (Å²) in [7, 11) is 1.56. The fourth-order valence-electron chi connectivity index (χ4n) is 2.68. The van der Waals surface area contributed by atoms with Gasteiger partial charge in [0.25, 0.3) is 0 Å². The van der Waals surface area contributed by atoms with E-state index in [-0.39, 0.29) is 5.97 Å². The number of aromatic amines is 1. The predicted molar refractivity (Wildman–Crippen MR) is 97.9 cm³/mol. The van der Waals surface area contributed by atoms with Gasteiger partial charge in [0, 0.05) is 12.0 Å². The molecule has 0 aliphatic heterocycles. The van der Waals surface area contributed by atoms with Crippen LogP contribution >= 0.6 is 0 Å². The standard InChI is InChI=1S/C20H22N2O3/c1-3-4-5-10-19(23)25-17-12-11-14(13-18(17)24-2)20-21-15-8-6-7-9-16(15)22-20/h6-9,11-13H,3-5,10H2,1-2H3,(H,21,22). The molecule has 3 rings (SSSR count). The molecular weight excluding hydrogens is 316 g/mol. The van der Waals surface area contributed by atoms with Crippen molar-refractivity contribution in [1.82, 2.24) is 9.97 Å². The first-order valence-corrected chi connectivity index (χ1v) is 8.55. The predicted octanol–water partition coefficient (Wildman–Crippen LogP) is 4.72. The molecule has 0 radical (unpaired) electrons. The molecular formula is C20H22N2O3. The molecule has 2 aromatic carbocycles. The zero-order chi connectivity index (χ0) is 17.6. The Balaban J connectivity index is 1.80. The van der Waals surface area contributed by atoms with Gasteiger partial charge in [-0.2, -0.15) is 0 Å². The zero-order valence-corrected chi connectivity index (χ0v) is 14.5. The van der Waals surface area contributed by atoms with Crippen molar-refractivity contribution in [2.24, 2.45) is 0 Å². The number of hydrogen-bond donors (Lipinski definition) is 1. The van der Waals surface area contributed by atoms with Crippen molar-refractivity contribution in [3.8, 4) is 22.9 Å². The number of benzene rings is 2. The molecule has 0 aliphatic carbocycles. The van der Waals surface area contributed by atoms with Gasteiger partial charge in [0.2, 0.25) is 0 Å². The molecule has 1 N–H and O–H groups in total. The maximum Gasteiger partial charge on any atom is 0.311 e. The van der Waals surface area contributed by atoms with E-state index >= 15 is 0 Å². The van der Waals surface area contributed by atoms with Crippen LogP contribution in [-0.2, 0) is 4.79 Å². The van der Waals surface area contributed by atoms with Crippen LogP contribution in [0.5, 0.6) is 11.5 Å². The van der Waals surface area contributed by atoms with Crippen LogP contribution in [0.3, 0.4) is 0 Å². The number of carbonyl (C=O) groups is 1. The maximum atomic E-state index is 11.9. The second kappa shape index (κ2) is 7.83. The number of methoxy groups -OCH3 is 1. The SMILES string of the molecule is CCCCCC(=O)Oc1ccc(-c2nc3ccccc3[nH]2)cc1OC. The monoisotopic (exact) mass is 338 g/mol. The van der Waals surface area contributed by atoms with Gasteiger partial charge < -0.3 is 14.5 Å². The molecule has 0 saturated carbocycles. The molecule has 0 spiro atoms. The van der Waals surface area contributed by atoms with Crippen LogP contribution in [0.4, 0.5) is 0 Å². The van der Waals surface area contributed by atoms with Crippen molar-refractivity contribution < 1.29 is 14.3 Å². The Labute approximate surface area is 147 Å². The number of fused-ring (bicyclic) bond motifs is 1. The summed E-state index contributed by atoms with van der Waals surface area (Å²) in [5.74, 6) is 1.47. The lowest BCUT2D eigenvalue weighted by Crippen LogP contribution is -2.08. The first-order valence-electron chi connectivity index (χ1n) is 8.55. The molecule has 3 aromatic rings. The Kier molecular flexibility index (Phi) is 5.33. The molecule has 0 bridgehead atoms. The highest BCUT2D eigenvalue weighted by Gasteiger charge is 2.13. The van der Waals surface area contributed by atoms with Crippen molar-refractivity contribution in [1.29, 1.82) is 0 Å². The van der Waals surface area contributed by atoms with Gasteiger partial charge in [-0.15, -0.1) is 0 Å². The molecule has 0 unspecified atom stereocenters. The third-order valence-corrected chi connectivity index (χ3v) is 4.03. The van der Waals surface area contributed by atoms with E-state index in [0.29, 0.717) is 17.9 Å². The molecule has 5 nitrogen and oxygen atoms in total. The van der Waals surface area contributed by atoms with Crippen LogP contribution in [0, 0.1) is 0 Å². The van der Waals surface area contributed by atoms with E-state index in [0.717, 1.165) is 41.7 Å². The summed E-state index contributed by atoms with van der Waals surface area (Å²) in [5.41, 5.74) is 2.75. The Morgan fingerprint density at radius 2 is 1.96 bits per heavy atom. The number of nitrogens with one attached hydrogen (secondary N) is 1. The number of hydrogen-bond acceptors (Lipinski definition) is 4. The molecule has 0 saturated heterocycles. The minimum Gasteiger partial charge on any atom is -0.493 e. The van der Waals surface area contributed by atoms with Gasteiger partial charge in [0.1, 0.15) is 5.82 Å². The summed E-state index contributed by atoms with van der Waals surface area (Å²) >= 11 is 0. The lowest BCUT2D eigenvalue weighted by molar-refractivity contribution is -0.134. The Hall–Kier alpha value is -2.82.